The van der Waals surface area contributed by atoms with Gasteiger partial charge in [0.05, 0.1) is 0 Å². The molecule has 0 saturated heterocycles. The van der Waals surface area contributed by atoms with Gasteiger partial charge in [0.1, 0.15) is 0 Å². The van der Waals surface area contributed by atoms with Crippen LogP contribution in [0.3, 0.4) is 0 Å². The first-order valence-corrected chi connectivity index (χ1v) is 9.13. The van der Waals surface area contributed by atoms with Crippen LogP contribution in [-0.2, 0) is 11.2 Å². The third-order valence-electron chi connectivity index (χ3n) is 5.84. The summed E-state index contributed by atoms with van der Waals surface area (Å²) in [6.45, 7) is 0.833. The number of hydrogen-bond acceptors (Lipinski definition) is 2. The number of aromatic nitrogens is 2. The highest BCUT2D eigenvalue weighted by Gasteiger charge is 2.40. The number of H-pyrrole nitrogens is 1. The second-order valence-electron chi connectivity index (χ2n) is 7.36. The van der Waals surface area contributed by atoms with Gasteiger partial charge in [-0.2, -0.15) is 5.10 Å². The molecule has 4 heteroatoms. The molecule has 126 valence electrons. The molecule has 2 aliphatic carbocycles. The summed E-state index contributed by atoms with van der Waals surface area (Å²) in [5, 5.41) is 7.13. The van der Waals surface area contributed by atoms with Gasteiger partial charge in [-0.05, 0) is 49.0 Å². The highest BCUT2D eigenvalue weighted by Crippen LogP contribution is 2.48. The highest BCUT2D eigenvalue weighted by molar-refractivity contribution is 5.92. The fourth-order valence-corrected chi connectivity index (χ4v) is 4.59. The molecule has 0 radical (unpaired) electrons. The number of fused-ring (bicyclic) bond motifs is 2. The summed E-state index contributed by atoms with van der Waals surface area (Å²) in [6.07, 6.45) is 8.53. The number of carbonyl (C=O) groups excluding carboxylic acids is 1. The molecule has 2 bridgehead atoms. The van der Waals surface area contributed by atoms with Crippen LogP contribution in [0.1, 0.15) is 37.7 Å². The summed E-state index contributed by atoms with van der Waals surface area (Å²) in [5.74, 6) is 3.34. The van der Waals surface area contributed by atoms with Gasteiger partial charge in [-0.3, -0.25) is 14.8 Å². The lowest BCUT2D eigenvalue weighted by Gasteiger charge is -2.28. The molecule has 4 rings (SSSR count). The van der Waals surface area contributed by atoms with Crippen molar-refractivity contribution in [3.05, 3.63) is 48.2 Å². The summed E-state index contributed by atoms with van der Waals surface area (Å²) >= 11 is 0. The predicted octanol–water partition coefficient (Wildman–Crippen LogP) is 3.81. The summed E-state index contributed by atoms with van der Waals surface area (Å²) in [7, 11) is 0. The molecule has 24 heavy (non-hydrogen) atoms. The number of rotatable bonds is 6. The number of hydrogen-bond donors (Lipinski definition) is 1. The van der Waals surface area contributed by atoms with Crippen molar-refractivity contribution in [1.82, 2.24) is 10.2 Å². The number of aromatic amines is 1. The van der Waals surface area contributed by atoms with Crippen molar-refractivity contribution in [3.8, 4) is 0 Å². The molecule has 3 atom stereocenters. The maximum Gasteiger partial charge on any atom is 0.228 e. The number of anilines is 1. The van der Waals surface area contributed by atoms with Crippen LogP contribution >= 0.6 is 0 Å². The first kappa shape index (κ1) is 15.4. The van der Waals surface area contributed by atoms with E-state index in [1.54, 1.807) is 6.20 Å². The summed E-state index contributed by atoms with van der Waals surface area (Å²) in [4.78, 5) is 14.8. The van der Waals surface area contributed by atoms with Crippen molar-refractivity contribution in [2.45, 2.75) is 38.5 Å². The van der Waals surface area contributed by atoms with Crippen molar-refractivity contribution < 1.29 is 4.79 Å². The van der Waals surface area contributed by atoms with Crippen LogP contribution in [0.2, 0.25) is 0 Å². The normalized spacial score (nSPS) is 25.1. The zero-order valence-electron chi connectivity index (χ0n) is 14.0. The molecule has 1 N–H and O–H groups in total. The maximum absolute atomic E-state index is 12.9. The van der Waals surface area contributed by atoms with Gasteiger partial charge in [0.15, 0.2) is 5.82 Å². The van der Waals surface area contributed by atoms with E-state index in [0.717, 1.165) is 30.6 Å². The highest BCUT2D eigenvalue weighted by atomic mass is 16.2. The van der Waals surface area contributed by atoms with E-state index < -0.39 is 0 Å². The smallest absolute Gasteiger partial charge is 0.228 e. The van der Waals surface area contributed by atoms with Crippen LogP contribution in [0.4, 0.5) is 5.82 Å². The van der Waals surface area contributed by atoms with Crippen LogP contribution in [0.5, 0.6) is 0 Å². The first-order chi connectivity index (χ1) is 11.8. The van der Waals surface area contributed by atoms with Crippen molar-refractivity contribution >= 4 is 11.7 Å². The van der Waals surface area contributed by atoms with Gasteiger partial charge < -0.3 is 0 Å². The average Bonchev–Trinajstić information content (AvgIpc) is 3.36. The number of benzene rings is 1. The number of amides is 1. The van der Waals surface area contributed by atoms with Gasteiger partial charge in [-0.1, -0.05) is 36.8 Å². The van der Waals surface area contributed by atoms with E-state index >= 15 is 0 Å². The molecule has 1 heterocycles. The SMILES string of the molecule is O=C(CCc1ccccc1)N(CC1CC2CCC1C2)c1cc[nH]n1. The zero-order valence-corrected chi connectivity index (χ0v) is 14.0. The molecular formula is C20H25N3O. The minimum Gasteiger partial charge on any atom is -0.295 e. The third kappa shape index (κ3) is 3.23. The zero-order chi connectivity index (χ0) is 16.4. The Labute approximate surface area is 143 Å². The van der Waals surface area contributed by atoms with E-state index in [0.29, 0.717) is 12.3 Å². The van der Waals surface area contributed by atoms with Crippen LogP contribution in [0, 0.1) is 17.8 Å². The molecule has 2 fully saturated rings. The van der Waals surface area contributed by atoms with Gasteiger partial charge in [-0.25, -0.2) is 0 Å². The van der Waals surface area contributed by atoms with E-state index in [1.165, 1.54) is 31.2 Å². The van der Waals surface area contributed by atoms with Crippen LogP contribution in [0.25, 0.3) is 0 Å². The lowest BCUT2D eigenvalue weighted by molar-refractivity contribution is -0.118. The van der Waals surface area contributed by atoms with Crippen molar-refractivity contribution in [1.29, 1.82) is 0 Å². The minimum absolute atomic E-state index is 0.189. The molecule has 1 aromatic heterocycles. The van der Waals surface area contributed by atoms with Gasteiger partial charge in [0.25, 0.3) is 0 Å². The monoisotopic (exact) mass is 323 g/mol. The molecule has 3 unspecified atom stereocenters. The summed E-state index contributed by atoms with van der Waals surface area (Å²) < 4.78 is 0. The van der Waals surface area contributed by atoms with Gasteiger partial charge >= 0.3 is 0 Å². The molecule has 1 amide bonds. The Morgan fingerprint density at radius 3 is 2.71 bits per heavy atom. The predicted molar refractivity (Wildman–Crippen MR) is 94.6 cm³/mol. The molecule has 1 aromatic carbocycles. The Hall–Kier alpha value is -2.10. The van der Waals surface area contributed by atoms with Crippen molar-refractivity contribution in [2.75, 3.05) is 11.4 Å². The lowest BCUT2D eigenvalue weighted by Crippen LogP contribution is -2.37. The lowest BCUT2D eigenvalue weighted by atomic mass is 9.88. The van der Waals surface area contributed by atoms with Gasteiger partial charge in [-0.15, -0.1) is 0 Å². The number of nitrogens with one attached hydrogen (secondary N) is 1. The standard InChI is InChI=1S/C20H25N3O/c24-20(9-7-15-4-2-1-3-5-15)23(19-10-11-21-22-19)14-18-13-16-6-8-17(18)12-16/h1-5,10-11,16-18H,6-9,12-14H2,(H,21,22). The van der Waals surface area contributed by atoms with Crippen LogP contribution in [0.15, 0.2) is 42.6 Å². The van der Waals surface area contributed by atoms with E-state index in [9.17, 15) is 4.79 Å². The number of carbonyl (C=O) groups is 1. The van der Waals surface area contributed by atoms with E-state index in [-0.39, 0.29) is 5.91 Å². The average molecular weight is 323 g/mol. The van der Waals surface area contributed by atoms with E-state index in [4.69, 9.17) is 0 Å². The quantitative estimate of drug-likeness (QED) is 0.879. The Kier molecular flexibility index (Phi) is 4.37. The molecular weight excluding hydrogens is 298 g/mol. The Morgan fingerprint density at radius 2 is 2.04 bits per heavy atom. The third-order valence-corrected chi connectivity index (χ3v) is 5.84. The maximum atomic E-state index is 12.9. The molecule has 2 saturated carbocycles. The number of nitrogens with zero attached hydrogens (tertiary/aromatic N) is 2. The molecule has 2 aliphatic rings. The summed E-state index contributed by atoms with van der Waals surface area (Å²) in [6, 6.07) is 12.1. The molecule has 0 aliphatic heterocycles. The van der Waals surface area contributed by atoms with Crippen molar-refractivity contribution in [2.24, 2.45) is 17.8 Å². The fourth-order valence-electron chi connectivity index (χ4n) is 4.59. The van der Waals surface area contributed by atoms with Crippen LogP contribution < -0.4 is 4.90 Å². The topological polar surface area (TPSA) is 49.0 Å². The Balaban J connectivity index is 1.43. The minimum atomic E-state index is 0.189. The van der Waals surface area contributed by atoms with Crippen LogP contribution in [-0.4, -0.2) is 22.6 Å². The summed E-state index contributed by atoms with van der Waals surface area (Å²) in [5.41, 5.74) is 1.22. The molecule has 0 spiro atoms. The number of aryl methyl sites for hydroxylation is 1. The second-order valence-corrected chi connectivity index (χ2v) is 7.36. The van der Waals surface area contributed by atoms with Gasteiger partial charge in [0.2, 0.25) is 5.91 Å². The molecule has 2 aromatic rings. The Morgan fingerprint density at radius 1 is 1.17 bits per heavy atom. The molecule has 4 nitrogen and oxygen atoms in total. The van der Waals surface area contributed by atoms with E-state index in [2.05, 4.69) is 22.3 Å². The largest absolute Gasteiger partial charge is 0.295 e. The Bertz CT molecular complexity index is 667. The first-order valence-electron chi connectivity index (χ1n) is 9.13. The fraction of sp³-hybridized carbons (Fsp3) is 0.500. The second kappa shape index (κ2) is 6.80. The van der Waals surface area contributed by atoms with Crippen molar-refractivity contribution in [3.63, 3.8) is 0 Å². The van der Waals surface area contributed by atoms with E-state index in [1.807, 2.05) is 29.2 Å². The van der Waals surface area contributed by atoms with Gasteiger partial charge in [0, 0.05) is 25.2 Å².